The predicted molar refractivity (Wildman–Crippen MR) is 101 cm³/mol. The zero-order valence-corrected chi connectivity index (χ0v) is 16.0. The van der Waals surface area contributed by atoms with E-state index in [1.54, 1.807) is 11.8 Å². The number of morpholine rings is 1. The highest BCUT2D eigenvalue weighted by atomic mass is 16.5. The molecule has 1 aromatic rings. The molecule has 0 bridgehead atoms. The normalized spacial score (nSPS) is 17.8. The van der Waals surface area contributed by atoms with E-state index in [0.29, 0.717) is 39.3 Å². The van der Waals surface area contributed by atoms with Crippen LogP contribution in [-0.2, 0) is 23.9 Å². The molecule has 3 rings (SSSR count). The van der Waals surface area contributed by atoms with Crippen LogP contribution in [0.1, 0.15) is 31.7 Å². The fourth-order valence-electron chi connectivity index (χ4n) is 3.16. The summed E-state index contributed by atoms with van der Waals surface area (Å²) in [5, 5.41) is 5.76. The van der Waals surface area contributed by atoms with Gasteiger partial charge in [0.05, 0.1) is 31.9 Å². The minimum atomic E-state index is -0.866. The van der Waals surface area contributed by atoms with Gasteiger partial charge in [-0.3, -0.25) is 14.4 Å². The summed E-state index contributed by atoms with van der Waals surface area (Å²) in [6.07, 6.45) is -0.254. The van der Waals surface area contributed by atoms with E-state index in [9.17, 15) is 14.4 Å². The molecule has 1 atom stereocenters. The highest BCUT2D eigenvalue weighted by molar-refractivity contribution is 6.02. The number of hydrogen-bond donors (Lipinski definition) is 0. The lowest BCUT2D eigenvalue weighted by Crippen LogP contribution is -2.46. The van der Waals surface area contributed by atoms with Crippen molar-refractivity contribution in [3.63, 3.8) is 0 Å². The van der Waals surface area contributed by atoms with Crippen LogP contribution in [0.2, 0.25) is 0 Å². The average Bonchev–Trinajstić information content (AvgIpc) is 3.23. The van der Waals surface area contributed by atoms with Gasteiger partial charge in [-0.1, -0.05) is 30.3 Å². The summed E-state index contributed by atoms with van der Waals surface area (Å²) >= 11 is 0. The van der Waals surface area contributed by atoms with Gasteiger partial charge in [0.15, 0.2) is 6.10 Å². The molecule has 0 radical (unpaired) electrons. The first-order valence-electron chi connectivity index (χ1n) is 9.54. The highest BCUT2D eigenvalue weighted by Gasteiger charge is 2.26. The molecule has 1 aromatic carbocycles. The number of benzene rings is 1. The third-order valence-electron chi connectivity index (χ3n) is 4.72. The Hall–Kier alpha value is -2.74. The fourth-order valence-corrected chi connectivity index (χ4v) is 3.16. The zero-order valence-electron chi connectivity index (χ0n) is 16.0. The number of hydrogen-bond acceptors (Lipinski definition) is 6. The van der Waals surface area contributed by atoms with E-state index < -0.39 is 12.1 Å². The number of carbonyl (C=O) groups is 3. The van der Waals surface area contributed by atoms with Gasteiger partial charge in [0.2, 0.25) is 5.91 Å². The van der Waals surface area contributed by atoms with Crippen molar-refractivity contribution in [2.75, 3.05) is 32.8 Å². The van der Waals surface area contributed by atoms with E-state index in [2.05, 4.69) is 5.10 Å². The lowest BCUT2D eigenvalue weighted by Gasteiger charge is -2.28. The van der Waals surface area contributed by atoms with Gasteiger partial charge in [0, 0.05) is 25.9 Å². The smallest absolute Gasteiger partial charge is 0.307 e. The van der Waals surface area contributed by atoms with Crippen LogP contribution in [0.3, 0.4) is 0 Å². The van der Waals surface area contributed by atoms with E-state index >= 15 is 0 Å². The molecule has 1 fully saturated rings. The van der Waals surface area contributed by atoms with Crippen LogP contribution in [-0.4, -0.2) is 72.4 Å². The van der Waals surface area contributed by atoms with Gasteiger partial charge in [-0.2, -0.15) is 5.10 Å². The van der Waals surface area contributed by atoms with Crippen molar-refractivity contribution in [3.8, 4) is 0 Å². The summed E-state index contributed by atoms with van der Waals surface area (Å²) in [7, 11) is 0. The number of ether oxygens (including phenoxy) is 2. The van der Waals surface area contributed by atoms with Crippen molar-refractivity contribution in [3.05, 3.63) is 35.9 Å². The quantitative estimate of drug-likeness (QED) is 0.684. The minimum absolute atomic E-state index is 0.00285. The van der Waals surface area contributed by atoms with Crippen LogP contribution in [0, 0.1) is 0 Å². The van der Waals surface area contributed by atoms with E-state index in [0.717, 1.165) is 11.3 Å². The predicted octanol–water partition coefficient (Wildman–Crippen LogP) is 1.19. The van der Waals surface area contributed by atoms with Crippen LogP contribution in [0.25, 0.3) is 0 Å². The highest BCUT2D eigenvalue weighted by Crippen LogP contribution is 2.15. The number of hydrazone groups is 1. The third-order valence-corrected chi connectivity index (χ3v) is 4.72. The molecule has 0 aliphatic carbocycles. The van der Waals surface area contributed by atoms with Crippen LogP contribution in [0.15, 0.2) is 35.4 Å². The van der Waals surface area contributed by atoms with Gasteiger partial charge in [-0.05, 0) is 12.5 Å². The Morgan fingerprint density at radius 3 is 2.54 bits per heavy atom. The topological polar surface area (TPSA) is 88.5 Å². The first-order valence-corrected chi connectivity index (χ1v) is 9.54. The summed E-state index contributed by atoms with van der Waals surface area (Å²) in [5.41, 5.74) is 1.86. The second-order valence-corrected chi connectivity index (χ2v) is 6.75. The molecule has 150 valence electrons. The Labute approximate surface area is 164 Å². The molecule has 2 heterocycles. The monoisotopic (exact) mass is 387 g/mol. The summed E-state index contributed by atoms with van der Waals surface area (Å²) in [5.74, 6) is -1.02. The largest absolute Gasteiger partial charge is 0.453 e. The maximum atomic E-state index is 12.3. The number of carbonyl (C=O) groups excluding carboxylic acids is 3. The number of nitrogens with zero attached hydrogens (tertiary/aromatic N) is 3. The first-order chi connectivity index (χ1) is 13.5. The second kappa shape index (κ2) is 9.45. The number of rotatable bonds is 6. The SMILES string of the molecule is C[C@@H](OC(=O)CCC(=O)N1CCC(c2ccccc2)=N1)C(=O)N1CCOCC1. The molecule has 8 nitrogen and oxygen atoms in total. The van der Waals surface area contributed by atoms with Crippen molar-refractivity contribution in [1.29, 1.82) is 0 Å². The summed E-state index contributed by atoms with van der Waals surface area (Å²) < 4.78 is 10.4. The third kappa shape index (κ3) is 5.16. The van der Waals surface area contributed by atoms with E-state index in [-0.39, 0.29) is 24.7 Å². The maximum absolute atomic E-state index is 12.3. The van der Waals surface area contributed by atoms with Gasteiger partial charge >= 0.3 is 5.97 Å². The van der Waals surface area contributed by atoms with Crippen LogP contribution >= 0.6 is 0 Å². The average molecular weight is 387 g/mol. The fraction of sp³-hybridized carbons (Fsp3) is 0.500. The summed E-state index contributed by atoms with van der Waals surface area (Å²) in [6, 6.07) is 9.70. The molecule has 0 N–H and O–H groups in total. The lowest BCUT2D eigenvalue weighted by atomic mass is 10.1. The van der Waals surface area contributed by atoms with Crippen molar-refractivity contribution in [2.45, 2.75) is 32.3 Å². The van der Waals surface area contributed by atoms with E-state index in [1.807, 2.05) is 30.3 Å². The number of esters is 1. The molecule has 0 aromatic heterocycles. The molecular formula is C20H25N3O5. The molecule has 0 spiro atoms. The van der Waals surface area contributed by atoms with Gasteiger partial charge < -0.3 is 14.4 Å². The molecule has 8 heteroatoms. The Morgan fingerprint density at radius 2 is 1.82 bits per heavy atom. The van der Waals surface area contributed by atoms with Gasteiger partial charge in [0.1, 0.15) is 0 Å². The Kier molecular flexibility index (Phi) is 6.76. The van der Waals surface area contributed by atoms with Crippen LogP contribution in [0.4, 0.5) is 0 Å². The Bertz CT molecular complexity index is 743. The van der Waals surface area contributed by atoms with Gasteiger partial charge in [0.25, 0.3) is 5.91 Å². The summed E-state index contributed by atoms with van der Waals surface area (Å²) in [6.45, 7) is 4.02. The standard InChI is InChI=1S/C20H25N3O5/c1-15(20(26)22-11-13-27-14-12-22)28-19(25)8-7-18(24)23-10-9-17(21-23)16-5-3-2-4-6-16/h2-6,15H,7-14H2,1H3/t15-/m1/s1. The maximum Gasteiger partial charge on any atom is 0.307 e. The molecule has 2 aliphatic rings. The van der Waals surface area contributed by atoms with Crippen LogP contribution in [0.5, 0.6) is 0 Å². The van der Waals surface area contributed by atoms with Crippen molar-refractivity contribution in [2.24, 2.45) is 5.10 Å². The van der Waals surface area contributed by atoms with Crippen molar-refractivity contribution in [1.82, 2.24) is 9.91 Å². The summed E-state index contributed by atoms with van der Waals surface area (Å²) in [4.78, 5) is 38.2. The molecule has 2 aliphatic heterocycles. The van der Waals surface area contributed by atoms with E-state index in [1.165, 1.54) is 5.01 Å². The molecular weight excluding hydrogens is 362 g/mol. The molecule has 0 unspecified atom stereocenters. The zero-order chi connectivity index (χ0) is 19.9. The molecule has 1 saturated heterocycles. The first kappa shape index (κ1) is 20.0. The minimum Gasteiger partial charge on any atom is -0.453 e. The Morgan fingerprint density at radius 1 is 1.11 bits per heavy atom. The van der Waals surface area contributed by atoms with Crippen molar-refractivity contribution >= 4 is 23.5 Å². The molecule has 0 saturated carbocycles. The molecule has 2 amide bonds. The second-order valence-electron chi connectivity index (χ2n) is 6.75. The van der Waals surface area contributed by atoms with Crippen LogP contribution < -0.4 is 0 Å². The van der Waals surface area contributed by atoms with E-state index in [4.69, 9.17) is 9.47 Å². The van der Waals surface area contributed by atoms with Gasteiger partial charge in [-0.15, -0.1) is 0 Å². The van der Waals surface area contributed by atoms with Gasteiger partial charge in [-0.25, -0.2) is 5.01 Å². The van der Waals surface area contributed by atoms with Crippen molar-refractivity contribution < 1.29 is 23.9 Å². The Balaban J connectivity index is 1.43. The molecule has 28 heavy (non-hydrogen) atoms. The number of amides is 2. The lowest BCUT2D eigenvalue weighted by molar-refractivity contribution is -0.161.